The Labute approximate surface area is 195 Å². The standard InChI is InChI=1S/C28H31NO4/c1-5-19-8-12-22(13-9-19)29-27(30)17-21-16-25(32-6-2)26(33-7-3)18-24(21)28(29)20-10-14-23(31-4)15-11-20/h8-16,18,28H,5-7,17H2,1-4H3/t28-/m0/s1. The van der Waals surface area contributed by atoms with Gasteiger partial charge in [-0.3, -0.25) is 4.79 Å². The summed E-state index contributed by atoms with van der Waals surface area (Å²) in [5, 5.41) is 0. The lowest BCUT2D eigenvalue weighted by molar-refractivity contribution is -0.118. The first-order chi connectivity index (χ1) is 16.1. The molecule has 0 spiro atoms. The van der Waals surface area contributed by atoms with Gasteiger partial charge in [0, 0.05) is 5.69 Å². The molecular weight excluding hydrogens is 414 g/mol. The molecule has 5 heteroatoms. The third-order valence-corrected chi connectivity index (χ3v) is 6.02. The molecule has 0 N–H and O–H groups in total. The summed E-state index contributed by atoms with van der Waals surface area (Å²) in [4.78, 5) is 15.4. The minimum absolute atomic E-state index is 0.0548. The fraction of sp³-hybridized carbons (Fsp3) is 0.321. The Bertz CT molecular complexity index is 1110. The van der Waals surface area contributed by atoms with Crippen LogP contribution in [0.15, 0.2) is 60.7 Å². The average Bonchev–Trinajstić information content (AvgIpc) is 2.84. The number of amides is 1. The van der Waals surface area contributed by atoms with E-state index in [1.807, 2.05) is 67.3 Å². The summed E-state index contributed by atoms with van der Waals surface area (Å²) in [7, 11) is 1.65. The van der Waals surface area contributed by atoms with E-state index >= 15 is 0 Å². The second-order valence-corrected chi connectivity index (χ2v) is 8.00. The number of anilines is 1. The predicted molar refractivity (Wildman–Crippen MR) is 131 cm³/mol. The summed E-state index contributed by atoms with van der Waals surface area (Å²) >= 11 is 0. The lowest BCUT2D eigenvalue weighted by Gasteiger charge is -2.38. The number of rotatable bonds is 8. The van der Waals surface area contributed by atoms with E-state index in [1.165, 1.54) is 5.56 Å². The molecule has 0 saturated carbocycles. The van der Waals surface area contributed by atoms with Crippen LogP contribution in [0.5, 0.6) is 17.2 Å². The second kappa shape index (κ2) is 9.99. The van der Waals surface area contributed by atoms with Crippen LogP contribution in [0.4, 0.5) is 5.69 Å². The van der Waals surface area contributed by atoms with E-state index in [0.29, 0.717) is 31.1 Å². The van der Waals surface area contributed by atoms with Gasteiger partial charge >= 0.3 is 0 Å². The number of fused-ring (bicyclic) bond motifs is 1. The summed E-state index contributed by atoms with van der Waals surface area (Å²) in [5.74, 6) is 2.22. The number of nitrogens with zero attached hydrogens (tertiary/aromatic N) is 1. The zero-order chi connectivity index (χ0) is 23.4. The molecule has 3 aromatic carbocycles. The molecule has 5 nitrogen and oxygen atoms in total. The SMILES string of the molecule is CCOc1cc2c(cc1OCC)[C@H](c1ccc(OC)cc1)N(c1ccc(CC)cc1)C(=O)C2. The summed E-state index contributed by atoms with van der Waals surface area (Å²) in [6.45, 7) is 7.10. The molecule has 1 amide bonds. The van der Waals surface area contributed by atoms with Crippen LogP contribution in [0.2, 0.25) is 0 Å². The van der Waals surface area contributed by atoms with Gasteiger partial charge in [-0.25, -0.2) is 0 Å². The molecule has 0 unspecified atom stereocenters. The maximum absolute atomic E-state index is 13.5. The minimum Gasteiger partial charge on any atom is -0.497 e. The normalized spacial score (nSPS) is 15.2. The largest absolute Gasteiger partial charge is 0.497 e. The number of hydrogen-bond donors (Lipinski definition) is 0. The molecule has 3 aromatic rings. The Balaban J connectivity index is 1.89. The van der Waals surface area contributed by atoms with E-state index < -0.39 is 0 Å². The fourth-order valence-corrected chi connectivity index (χ4v) is 4.39. The van der Waals surface area contributed by atoms with Crippen molar-refractivity contribution < 1.29 is 19.0 Å². The molecule has 0 bridgehead atoms. The molecule has 0 aliphatic carbocycles. The van der Waals surface area contributed by atoms with E-state index in [-0.39, 0.29) is 11.9 Å². The molecule has 0 fully saturated rings. The highest BCUT2D eigenvalue weighted by Crippen LogP contribution is 2.43. The van der Waals surface area contributed by atoms with E-state index in [0.717, 1.165) is 34.5 Å². The third-order valence-electron chi connectivity index (χ3n) is 6.02. The number of carbonyl (C=O) groups excluding carboxylic acids is 1. The molecule has 1 atom stereocenters. The van der Waals surface area contributed by atoms with Crippen LogP contribution in [0.1, 0.15) is 49.1 Å². The molecular formula is C28H31NO4. The van der Waals surface area contributed by atoms with Gasteiger partial charge in [-0.1, -0.05) is 31.2 Å². The molecule has 0 radical (unpaired) electrons. The Morgan fingerprint density at radius 1 is 0.879 bits per heavy atom. The van der Waals surface area contributed by atoms with Crippen LogP contribution in [-0.2, 0) is 17.6 Å². The fourth-order valence-electron chi connectivity index (χ4n) is 4.39. The number of carbonyl (C=O) groups is 1. The van der Waals surface area contributed by atoms with Gasteiger partial charge < -0.3 is 19.1 Å². The monoisotopic (exact) mass is 445 g/mol. The van der Waals surface area contributed by atoms with Gasteiger partial charge in [0.15, 0.2) is 11.5 Å². The van der Waals surface area contributed by atoms with Gasteiger partial charge in [-0.2, -0.15) is 0 Å². The topological polar surface area (TPSA) is 48.0 Å². The number of ether oxygens (including phenoxy) is 3. The molecule has 1 aliphatic heterocycles. The number of aryl methyl sites for hydroxylation is 1. The van der Waals surface area contributed by atoms with Gasteiger partial charge in [-0.05, 0) is 78.9 Å². The molecule has 33 heavy (non-hydrogen) atoms. The lowest BCUT2D eigenvalue weighted by Crippen LogP contribution is -2.41. The van der Waals surface area contributed by atoms with Gasteiger partial charge in [0.25, 0.3) is 0 Å². The Morgan fingerprint density at radius 2 is 1.52 bits per heavy atom. The Kier molecular flexibility index (Phi) is 6.87. The summed E-state index contributed by atoms with van der Waals surface area (Å²) in [6.07, 6.45) is 1.26. The molecule has 172 valence electrons. The number of benzene rings is 3. The highest BCUT2D eigenvalue weighted by Gasteiger charge is 2.36. The van der Waals surface area contributed by atoms with Crippen molar-refractivity contribution >= 4 is 11.6 Å². The molecule has 4 rings (SSSR count). The summed E-state index contributed by atoms with van der Waals surface area (Å²) < 4.78 is 17.1. The quantitative estimate of drug-likeness (QED) is 0.444. The second-order valence-electron chi connectivity index (χ2n) is 8.00. The maximum Gasteiger partial charge on any atom is 0.232 e. The van der Waals surface area contributed by atoms with Crippen molar-refractivity contribution in [3.8, 4) is 17.2 Å². The first-order valence-corrected chi connectivity index (χ1v) is 11.6. The van der Waals surface area contributed by atoms with Crippen molar-refractivity contribution in [3.05, 3.63) is 82.9 Å². The summed E-state index contributed by atoms with van der Waals surface area (Å²) in [6, 6.07) is 19.9. The molecule has 0 aromatic heterocycles. The van der Waals surface area contributed by atoms with Crippen LogP contribution >= 0.6 is 0 Å². The van der Waals surface area contributed by atoms with E-state index in [4.69, 9.17) is 14.2 Å². The van der Waals surface area contributed by atoms with Crippen molar-refractivity contribution in [2.24, 2.45) is 0 Å². The van der Waals surface area contributed by atoms with Gasteiger partial charge in [0.1, 0.15) is 5.75 Å². The maximum atomic E-state index is 13.5. The highest BCUT2D eigenvalue weighted by atomic mass is 16.5. The number of methoxy groups -OCH3 is 1. The van der Waals surface area contributed by atoms with Crippen LogP contribution in [-0.4, -0.2) is 26.2 Å². The zero-order valence-corrected chi connectivity index (χ0v) is 19.8. The minimum atomic E-state index is -0.283. The lowest BCUT2D eigenvalue weighted by atomic mass is 9.86. The Hall–Kier alpha value is -3.47. The smallest absolute Gasteiger partial charge is 0.232 e. The van der Waals surface area contributed by atoms with Crippen molar-refractivity contribution in [1.82, 2.24) is 0 Å². The van der Waals surface area contributed by atoms with E-state index in [9.17, 15) is 4.79 Å². The number of hydrogen-bond acceptors (Lipinski definition) is 4. The van der Waals surface area contributed by atoms with Crippen LogP contribution < -0.4 is 19.1 Å². The van der Waals surface area contributed by atoms with E-state index in [1.54, 1.807) is 7.11 Å². The van der Waals surface area contributed by atoms with Crippen LogP contribution in [0.25, 0.3) is 0 Å². The first-order valence-electron chi connectivity index (χ1n) is 11.6. The van der Waals surface area contributed by atoms with Gasteiger partial charge in [0.05, 0.1) is 32.8 Å². The highest BCUT2D eigenvalue weighted by molar-refractivity contribution is 5.98. The van der Waals surface area contributed by atoms with Crippen molar-refractivity contribution in [2.75, 3.05) is 25.2 Å². The van der Waals surface area contributed by atoms with Crippen molar-refractivity contribution in [2.45, 2.75) is 39.7 Å². The predicted octanol–water partition coefficient (Wildman–Crippen LogP) is 5.73. The van der Waals surface area contributed by atoms with Crippen molar-refractivity contribution in [1.29, 1.82) is 0 Å². The van der Waals surface area contributed by atoms with Gasteiger partial charge in [-0.15, -0.1) is 0 Å². The molecule has 1 heterocycles. The van der Waals surface area contributed by atoms with E-state index in [2.05, 4.69) is 19.1 Å². The van der Waals surface area contributed by atoms with Crippen molar-refractivity contribution in [3.63, 3.8) is 0 Å². The summed E-state index contributed by atoms with van der Waals surface area (Å²) in [5.41, 5.74) is 5.15. The molecule has 1 aliphatic rings. The van der Waals surface area contributed by atoms with Crippen LogP contribution in [0, 0.1) is 0 Å². The van der Waals surface area contributed by atoms with Crippen LogP contribution in [0.3, 0.4) is 0 Å². The third kappa shape index (κ3) is 4.54. The zero-order valence-electron chi connectivity index (χ0n) is 19.8. The van der Waals surface area contributed by atoms with Gasteiger partial charge in [0.2, 0.25) is 5.91 Å². The Morgan fingerprint density at radius 3 is 2.09 bits per heavy atom. The average molecular weight is 446 g/mol. The first kappa shape index (κ1) is 22.7. The molecule has 0 saturated heterocycles.